The van der Waals surface area contributed by atoms with E-state index < -0.39 is 17.9 Å². The Bertz CT molecular complexity index is 141. The molecule has 0 fully saturated rings. The monoisotopic (exact) mass is 145 g/mol. The topological polar surface area (TPSA) is 66.4 Å². The molecule has 0 radical (unpaired) electrons. The molecule has 58 valence electrons. The van der Waals surface area contributed by atoms with Crippen molar-refractivity contribution in [2.75, 3.05) is 6.61 Å². The Morgan fingerprint density at radius 2 is 2.10 bits per heavy atom. The van der Waals surface area contributed by atoms with Crippen LogP contribution < -0.4 is 5.11 Å². The van der Waals surface area contributed by atoms with E-state index in [-0.39, 0.29) is 0 Å². The molecule has 10 heavy (non-hydrogen) atoms. The summed E-state index contributed by atoms with van der Waals surface area (Å²) in [6, 6.07) is 0. The maximum absolute atomic E-state index is 10.4. The van der Waals surface area contributed by atoms with Crippen LogP contribution >= 0.6 is 0 Å². The van der Waals surface area contributed by atoms with E-state index in [1.54, 1.807) is 6.92 Å². The van der Waals surface area contributed by atoms with Gasteiger partial charge in [-0.3, -0.25) is 4.79 Å². The van der Waals surface area contributed by atoms with Crippen molar-refractivity contribution in [3.05, 3.63) is 0 Å². The summed E-state index contributed by atoms with van der Waals surface area (Å²) in [4.78, 5) is 20.3. The predicted octanol–water partition coefficient (Wildman–Crippen LogP) is -1.27. The second-order valence-electron chi connectivity index (χ2n) is 1.75. The third-order valence-corrected chi connectivity index (χ3v) is 0.987. The second-order valence-corrected chi connectivity index (χ2v) is 1.75. The van der Waals surface area contributed by atoms with E-state index >= 15 is 0 Å². The number of Topliss-reactive ketones (excluding diaryl/α,β-unsaturated/α-hetero) is 1. The highest BCUT2D eigenvalue weighted by Gasteiger charge is 2.12. The van der Waals surface area contributed by atoms with Crippen molar-refractivity contribution in [2.45, 2.75) is 20.0 Å². The summed E-state index contributed by atoms with van der Waals surface area (Å²) in [5.41, 5.74) is 0. The number of hydrogen-bond donors (Lipinski definition) is 0. The Labute approximate surface area is 58.8 Å². The molecule has 0 rings (SSSR count). The second kappa shape index (κ2) is 4.00. The fourth-order valence-electron chi connectivity index (χ4n) is 0.492. The number of carbonyl (C=O) groups is 2. The quantitative estimate of drug-likeness (QED) is 0.462. The van der Waals surface area contributed by atoms with E-state index in [9.17, 15) is 14.7 Å². The Morgan fingerprint density at radius 3 is 2.40 bits per heavy atom. The molecule has 1 atom stereocenters. The lowest BCUT2D eigenvalue weighted by atomic mass is 10.2. The summed E-state index contributed by atoms with van der Waals surface area (Å²) in [7, 11) is 0. The largest absolute Gasteiger partial charge is 0.542 e. The lowest BCUT2D eigenvalue weighted by molar-refractivity contribution is -0.300. The number of ketones is 1. The van der Waals surface area contributed by atoms with Crippen LogP contribution in [0.4, 0.5) is 0 Å². The lowest BCUT2D eigenvalue weighted by Crippen LogP contribution is -2.39. The highest BCUT2D eigenvalue weighted by atomic mass is 16.5. The minimum atomic E-state index is -1.69. The van der Waals surface area contributed by atoms with Gasteiger partial charge in [0.1, 0.15) is 12.1 Å². The van der Waals surface area contributed by atoms with Crippen LogP contribution in [-0.4, -0.2) is 24.5 Å². The molecule has 0 spiro atoms. The van der Waals surface area contributed by atoms with Crippen LogP contribution in [0.25, 0.3) is 0 Å². The molecule has 0 aliphatic carbocycles. The zero-order valence-corrected chi connectivity index (χ0v) is 5.92. The molecule has 0 aliphatic rings. The van der Waals surface area contributed by atoms with Crippen molar-refractivity contribution < 1.29 is 19.4 Å². The van der Waals surface area contributed by atoms with E-state index in [2.05, 4.69) is 0 Å². The van der Waals surface area contributed by atoms with Crippen LogP contribution in [0.5, 0.6) is 0 Å². The zero-order valence-electron chi connectivity index (χ0n) is 5.92. The summed E-state index contributed by atoms with van der Waals surface area (Å²) < 4.78 is 4.69. The van der Waals surface area contributed by atoms with Crippen LogP contribution in [0.1, 0.15) is 13.8 Å². The summed E-state index contributed by atoms with van der Waals surface area (Å²) in [6.45, 7) is 3.38. The Kier molecular flexibility index (Phi) is 3.64. The van der Waals surface area contributed by atoms with Crippen molar-refractivity contribution in [2.24, 2.45) is 0 Å². The third-order valence-electron chi connectivity index (χ3n) is 0.987. The first kappa shape index (κ1) is 9.10. The molecule has 0 amide bonds. The maximum Gasteiger partial charge on any atom is 0.206 e. The molecule has 0 aromatic rings. The standard InChI is InChI=1S/C6H10O4/c1-3-10-4(2)5(7)6(8)9/h4H,3H2,1-2H3,(H,8,9)/p-1. The average molecular weight is 145 g/mol. The van der Waals surface area contributed by atoms with E-state index in [0.29, 0.717) is 6.61 Å². The van der Waals surface area contributed by atoms with Crippen LogP contribution in [0, 0.1) is 0 Å². The Balaban J connectivity index is 3.82. The van der Waals surface area contributed by atoms with Gasteiger partial charge in [-0.2, -0.15) is 0 Å². The van der Waals surface area contributed by atoms with Crippen LogP contribution in [0.3, 0.4) is 0 Å². The Hall–Kier alpha value is -0.900. The van der Waals surface area contributed by atoms with Crippen molar-refractivity contribution in [1.29, 1.82) is 0 Å². The molecule has 0 N–H and O–H groups in total. The number of ether oxygens (including phenoxy) is 1. The molecule has 1 unspecified atom stereocenters. The normalized spacial score (nSPS) is 12.6. The Morgan fingerprint density at radius 1 is 1.60 bits per heavy atom. The van der Waals surface area contributed by atoms with Crippen LogP contribution in [-0.2, 0) is 14.3 Å². The van der Waals surface area contributed by atoms with E-state index in [4.69, 9.17) is 4.74 Å². The summed E-state index contributed by atoms with van der Waals surface area (Å²) in [5.74, 6) is -2.71. The molecule has 0 aromatic carbocycles. The SMILES string of the molecule is CCOC(C)C(=O)C(=O)[O-]. The molecule has 0 aromatic heterocycles. The number of carboxylic acids is 1. The van der Waals surface area contributed by atoms with Gasteiger partial charge in [-0.05, 0) is 13.8 Å². The fraction of sp³-hybridized carbons (Fsp3) is 0.667. The lowest BCUT2D eigenvalue weighted by Gasteiger charge is -2.09. The van der Waals surface area contributed by atoms with Crippen molar-refractivity contribution in [3.8, 4) is 0 Å². The molecule has 0 saturated heterocycles. The van der Waals surface area contributed by atoms with Crippen LogP contribution in [0.15, 0.2) is 0 Å². The first-order chi connectivity index (χ1) is 4.59. The molecule has 0 heterocycles. The predicted molar refractivity (Wildman–Crippen MR) is 31.1 cm³/mol. The summed E-state index contributed by atoms with van der Waals surface area (Å²) >= 11 is 0. The molecule has 0 saturated carbocycles. The summed E-state index contributed by atoms with van der Waals surface area (Å²) in [5, 5.41) is 9.87. The highest BCUT2D eigenvalue weighted by molar-refractivity contribution is 6.33. The fourth-order valence-corrected chi connectivity index (χ4v) is 0.492. The average Bonchev–Trinajstić information content (AvgIpc) is 1.87. The van der Waals surface area contributed by atoms with Crippen molar-refractivity contribution in [1.82, 2.24) is 0 Å². The van der Waals surface area contributed by atoms with Crippen LogP contribution in [0.2, 0.25) is 0 Å². The minimum absolute atomic E-state index is 0.320. The smallest absolute Gasteiger partial charge is 0.206 e. The van der Waals surface area contributed by atoms with Gasteiger partial charge in [0.15, 0.2) is 0 Å². The van der Waals surface area contributed by atoms with Gasteiger partial charge in [-0.25, -0.2) is 0 Å². The molecule has 4 heteroatoms. The number of rotatable bonds is 4. The van der Waals surface area contributed by atoms with Gasteiger partial charge in [0, 0.05) is 6.61 Å². The zero-order chi connectivity index (χ0) is 8.15. The number of aliphatic carboxylic acids is 1. The number of carbonyl (C=O) groups excluding carboxylic acids is 2. The van der Waals surface area contributed by atoms with Gasteiger partial charge < -0.3 is 14.6 Å². The first-order valence-corrected chi connectivity index (χ1v) is 2.96. The minimum Gasteiger partial charge on any atom is -0.542 e. The molecule has 0 aliphatic heterocycles. The van der Waals surface area contributed by atoms with E-state index in [0.717, 1.165) is 0 Å². The van der Waals surface area contributed by atoms with E-state index in [1.165, 1.54) is 6.92 Å². The molecular weight excluding hydrogens is 136 g/mol. The maximum atomic E-state index is 10.4. The van der Waals surface area contributed by atoms with Crippen molar-refractivity contribution >= 4 is 11.8 Å². The van der Waals surface area contributed by atoms with Gasteiger partial charge >= 0.3 is 0 Å². The summed E-state index contributed by atoms with van der Waals surface area (Å²) in [6.07, 6.45) is -0.894. The molecular formula is C6H9O4-. The number of carboxylic acid groups (broad SMARTS) is 1. The first-order valence-electron chi connectivity index (χ1n) is 2.96. The van der Waals surface area contributed by atoms with Crippen molar-refractivity contribution in [3.63, 3.8) is 0 Å². The van der Waals surface area contributed by atoms with E-state index in [1.807, 2.05) is 0 Å². The van der Waals surface area contributed by atoms with Gasteiger partial charge in [-0.1, -0.05) is 0 Å². The van der Waals surface area contributed by atoms with Gasteiger partial charge in [0.25, 0.3) is 0 Å². The van der Waals surface area contributed by atoms with Gasteiger partial charge in [-0.15, -0.1) is 0 Å². The van der Waals surface area contributed by atoms with Gasteiger partial charge in [0.2, 0.25) is 5.78 Å². The molecule has 0 bridgehead atoms. The third kappa shape index (κ3) is 2.59. The highest BCUT2D eigenvalue weighted by Crippen LogP contribution is 1.90. The van der Waals surface area contributed by atoms with Gasteiger partial charge in [0.05, 0.1) is 0 Å². The number of hydrogen-bond acceptors (Lipinski definition) is 4. The molecule has 4 nitrogen and oxygen atoms in total.